The summed E-state index contributed by atoms with van der Waals surface area (Å²) in [5.41, 5.74) is 0. The minimum absolute atomic E-state index is 0.873. The summed E-state index contributed by atoms with van der Waals surface area (Å²) in [7, 11) is 0. The van der Waals surface area contributed by atoms with Gasteiger partial charge in [0, 0.05) is 18.8 Å². The highest BCUT2D eigenvalue weighted by atomic mass is 14.8. The highest BCUT2D eigenvalue weighted by Crippen LogP contribution is 1.59. The van der Waals surface area contributed by atoms with Gasteiger partial charge >= 0.3 is 0 Å². The Kier molecular flexibility index (Phi) is 4.33. The fourth-order valence-electron chi connectivity index (χ4n) is 0.214. The van der Waals surface area contributed by atoms with Gasteiger partial charge in [0.25, 0.3) is 0 Å². The van der Waals surface area contributed by atoms with Gasteiger partial charge in [0.05, 0.1) is 6.07 Å². The molecule has 0 spiro atoms. The van der Waals surface area contributed by atoms with Gasteiger partial charge in [0.15, 0.2) is 0 Å². The first kappa shape index (κ1) is 6.03. The van der Waals surface area contributed by atoms with Gasteiger partial charge in [-0.3, -0.25) is 0 Å². The van der Waals surface area contributed by atoms with Crippen molar-refractivity contribution in [2.45, 2.75) is 6.92 Å². The van der Waals surface area contributed by atoms with Crippen molar-refractivity contribution < 1.29 is 0 Å². The number of rotatable bonds is 2. The Morgan fingerprint density at radius 1 is 1.86 bits per heavy atom. The van der Waals surface area contributed by atoms with E-state index < -0.39 is 0 Å². The van der Waals surface area contributed by atoms with Crippen molar-refractivity contribution in [2.24, 2.45) is 0 Å². The minimum Gasteiger partial charge on any atom is -0.391 e. The summed E-state index contributed by atoms with van der Waals surface area (Å²) in [6, 6.07) is 1.86. The van der Waals surface area contributed by atoms with Crippen LogP contribution in [-0.2, 0) is 0 Å². The molecule has 0 aliphatic rings. The number of hydrogen-bond donors (Lipinski definition) is 1. The second-order valence-electron chi connectivity index (χ2n) is 1.02. The normalized spacial score (nSPS) is 8.57. The van der Waals surface area contributed by atoms with Gasteiger partial charge in [0.2, 0.25) is 0 Å². The number of nitriles is 1. The quantitative estimate of drug-likeness (QED) is 0.512. The number of nitrogens with zero attached hydrogens (tertiary/aromatic N) is 1. The smallest absolute Gasteiger partial charge is 0.0927 e. The highest BCUT2D eigenvalue weighted by molar-refractivity contribution is 4.99. The second-order valence-corrected chi connectivity index (χ2v) is 1.02. The summed E-state index contributed by atoms with van der Waals surface area (Å²) in [5, 5.41) is 10.8. The van der Waals surface area contributed by atoms with Crippen LogP contribution in [0.25, 0.3) is 0 Å². The fraction of sp³-hybridized carbons (Fsp3) is 0.400. The molecular formula is C5H8N2. The molecule has 0 saturated carbocycles. The van der Waals surface area contributed by atoms with E-state index in [9.17, 15) is 0 Å². The Labute approximate surface area is 43.5 Å². The molecule has 0 atom stereocenters. The van der Waals surface area contributed by atoms with Crippen molar-refractivity contribution in [3.63, 3.8) is 0 Å². The zero-order chi connectivity index (χ0) is 5.54. The topological polar surface area (TPSA) is 35.8 Å². The van der Waals surface area contributed by atoms with Crippen LogP contribution in [0.1, 0.15) is 6.92 Å². The van der Waals surface area contributed by atoms with Crippen molar-refractivity contribution >= 4 is 0 Å². The van der Waals surface area contributed by atoms with Crippen LogP contribution >= 0.6 is 0 Å². The lowest BCUT2D eigenvalue weighted by Gasteiger charge is -1.84. The molecule has 0 heterocycles. The van der Waals surface area contributed by atoms with Crippen LogP contribution < -0.4 is 5.32 Å². The summed E-state index contributed by atoms with van der Waals surface area (Å²) in [6.07, 6.45) is 3.03. The van der Waals surface area contributed by atoms with Crippen LogP contribution in [-0.4, -0.2) is 6.54 Å². The Bertz CT molecular complexity index is 88.7. The highest BCUT2D eigenvalue weighted by Gasteiger charge is 1.61. The molecule has 0 aromatic carbocycles. The molecule has 0 bridgehead atoms. The third kappa shape index (κ3) is 5.03. The van der Waals surface area contributed by atoms with Gasteiger partial charge in [-0.25, -0.2) is 0 Å². The van der Waals surface area contributed by atoms with E-state index in [-0.39, 0.29) is 0 Å². The fourth-order valence-corrected chi connectivity index (χ4v) is 0.214. The Morgan fingerprint density at radius 2 is 2.57 bits per heavy atom. The first-order valence-electron chi connectivity index (χ1n) is 2.19. The average molecular weight is 96.1 g/mol. The molecule has 0 radical (unpaired) electrons. The average Bonchev–Trinajstić information content (AvgIpc) is 1.69. The predicted octanol–water partition coefficient (Wildman–Crippen LogP) is 0.633. The number of nitrogens with one attached hydrogen (secondary N) is 1. The maximum Gasteiger partial charge on any atom is 0.0927 e. The molecule has 1 N–H and O–H groups in total. The lowest BCUT2D eigenvalue weighted by molar-refractivity contribution is 0.920. The molecule has 0 unspecified atom stereocenters. The Hall–Kier alpha value is -0.970. The van der Waals surface area contributed by atoms with Crippen LogP contribution in [0.2, 0.25) is 0 Å². The molecule has 2 nitrogen and oxygen atoms in total. The van der Waals surface area contributed by atoms with E-state index in [1.165, 1.54) is 6.08 Å². The van der Waals surface area contributed by atoms with E-state index in [0.29, 0.717) is 0 Å². The van der Waals surface area contributed by atoms with E-state index in [0.717, 1.165) is 6.54 Å². The van der Waals surface area contributed by atoms with E-state index in [1.807, 2.05) is 13.0 Å². The standard InChI is InChI=1S/C5H8N2/c1-2-7-5-3-4-6/h3,5,7H,2H2,1H3/b5-3+. The number of hydrogen-bond acceptors (Lipinski definition) is 2. The maximum absolute atomic E-state index is 7.92. The van der Waals surface area contributed by atoms with Crippen molar-refractivity contribution in [1.82, 2.24) is 5.32 Å². The summed E-state index contributed by atoms with van der Waals surface area (Å²) in [6.45, 7) is 2.85. The molecule has 0 aromatic heterocycles. The van der Waals surface area contributed by atoms with Crippen molar-refractivity contribution in [3.8, 4) is 6.07 Å². The van der Waals surface area contributed by atoms with E-state index >= 15 is 0 Å². The zero-order valence-electron chi connectivity index (χ0n) is 4.31. The first-order valence-corrected chi connectivity index (χ1v) is 2.19. The first-order chi connectivity index (χ1) is 3.41. The van der Waals surface area contributed by atoms with Crippen LogP contribution in [0.3, 0.4) is 0 Å². The van der Waals surface area contributed by atoms with E-state index in [1.54, 1.807) is 6.20 Å². The summed E-state index contributed by atoms with van der Waals surface area (Å²) in [5.74, 6) is 0. The van der Waals surface area contributed by atoms with E-state index in [2.05, 4.69) is 5.32 Å². The second kappa shape index (κ2) is 5.03. The third-order valence-corrected chi connectivity index (χ3v) is 0.480. The van der Waals surface area contributed by atoms with Crippen molar-refractivity contribution in [3.05, 3.63) is 12.3 Å². The number of allylic oxidation sites excluding steroid dienone is 1. The third-order valence-electron chi connectivity index (χ3n) is 0.480. The zero-order valence-corrected chi connectivity index (χ0v) is 4.31. The lowest BCUT2D eigenvalue weighted by atomic mass is 10.6. The summed E-state index contributed by atoms with van der Waals surface area (Å²) < 4.78 is 0. The molecule has 7 heavy (non-hydrogen) atoms. The molecule has 0 aliphatic heterocycles. The van der Waals surface area contributed by atoms with Crippen LogP contribution in [0.4, 0.5) is 0 Å². The molecule has 38 valence electrons. The molecule has 2 heteroatoms. The van der Waals surface area contributed by atoms with Gasteiger partial charge in [0.1, 0.15) is 0 Å². The Balaban J connectivity index is 2.97. The molecular weight excluding hydrogens is 88.1 g/mol. The summed E-state index contributed by atoms with van der Waals surface area (Å²) >= 11 is 0. The molecule has 0 saturated heterocycles. The monoisotopic (exact) mass is 96.1 g/mol. The largest absolute Gasteiger partial charge is 0.391 e. The molecule has 0 aliphatic carbocycles. The van der Waals surface area contributed by atoms with Crippen LogP contribution in [0.5, 0.6) is 0 Å². The van der Waals surface area contributed by atoms with Crippen molar-refractivity contribution in [2.75, 3.05) is 6.54 Å². The van der Waals surface area contributed by atoms with Gasteiger partial charge in [-0.2, -0.15) is 5.26 Å². The van der Waals surface area contributed by atoms with Crippen molar-refractivity contribution in [1.29, 1.82) is 5.26 Å². The van der Waals surface area contributed by atoms with Gasteiger partial charge in [-0.15, -0.1) is 0 Å². The van der Waals surface area contributed by atoms with Gasteiger partial charge in [-0.1, -0.05) is 0 Å². The van der Waals surface area contributed by atoms with Gasteiger partial charge in [-0.05, 0) is 6.92 Å². The predicted molar refractivity (Wildman–Crippen MR) is 28.4 cm³/mol. The Morgan fingerprint density at radius 3 is 3.00 bits per heavy atom. The van der Waals surface area contributed by atoms with Crippen LogP contribution in [0.15, 0.2) is 12.3 Å². The SMILES string of the molecule is CCN/C=C/C#N. The lowest BCUT2D eigenvalue weighted by Crippen LogP contribution is -2.00. The maximum atomic E-state index is 7.92. The van der Waals surface area contributed by atoms with E-state index in [4.69, 9.17) is 5.26 Å². The molecule has 0 rings (SSSR count). The minimum atomic E-state index is 0.873. The molecule has 0 amide bonds. The molecule has 0 aromatic rings. The summed E-state index contributed by atoms with van der Waals surface area (Å²) in [4.78, 5) is 0. The van der Waals surface area contributed by atoms with Crippen LogP contribution in [0, 0.1) is 11.3 Å². The molecule has 0 fully saturated rings. The van der Waals surface area contributed by atoms with Gasteiger partial charge < -0.3 is 5.32 Å².